The number of hydrogen-bond acceptors (Lipinski definition) is 4. The fraction of sp³-hybridized carbons (Fsp3) is 1.00. The molecule has 23 heavy (non-hydrogen) atoms. The second-order valence-corrected chi connectivity index (χ2v) is 7.37. The molecule has 0 radical (unpaired) electrons. The van der Waals surface area contributed by atoms with Crippen LogP contribution in [-0.4, -0.2) is 19.6 Å². The van der Waals surface area contributed by atoms with Crippen LogP contribution in [-0.2, 0) is 14.6 Å². The van der Waals surface area contributed by atoms with Gasteiger partial charge in [0.05, 0.1) is 6.61 Å². The molecule has 0 aromatic heterocycles. The average Bonchev–Trinajstić information content (AvgIpc) is 2.46. The van der Waals surface area contributed by atoms with Gasteiger partial charge in [0.1, 0.15) is 0 Å². The van der Waals surface area contributed by atoms with E-state index in [9.17, 15) is 13.0 Å². The average molecular weight is 375 g/mol. The molecule has 6 heteroatoms. The molecule has 4 nitrogen and oxygen atoms in total. The molecule has 1 atom stereocenters. The van der Waals surface area contributed by atoms with E-state index < -0.39 is 10.4 Å². The molecule has 0 N–H and O–H groups in total. The summed E-state index contributed by atoms with van der Waals surface area (Å²) in [5, 5.41) is 0. The molecule has 0 saturated carbocycles. The Morgan fingerprint density at radius 1 is 0.783 bits per heavy atom. The first kappa shape index (κ1) is 26.7. The first-order valence-electron chi connectivity index (χ1n) is 9.09. The molecule has 0 saturated heterocycles. The Balaban J connectivity index is 0. The minimum atomic E-state index is -4.55. The van der Waals surface area contributed by atoms with E-state index in [-0.39, 0.29) is 63.9 Å². The molecule has 0 aromatic carbocycles. The first-order valence-corrected chi connectivity index (χ1v) is 10.4. The van der Waals surface area contributed by atoms with Gasteiger partial charge in [0, 0.05) is 0 Å². The summed E-state index contributed by atoms with van der Waals surface area (Å²) in [5.74, 6) is 0.205. The largest absolute Gasteiger partial charge is 1.00 e. The van der Waals surface area contributed by atoms with E-state index in [4.69, 9.17) is 0 Å². The number of rotatable bonds is 16. The Bertz CT molecular complexity index is 333. The van der Waals surface area contributed by atoms with Crippen molar-refractivity contribution in [1.29, 1.82) is 0 Å². The van der Waals surface area contributed by atoms with Gasteiger partial charge < -0.3 is 4.55 Å². The fourth-order valence-corrected chi connectivity index (χ4v) is 3.10. The molecule has 0 bridgehead atoms. The van der Waals surface area contributed by atoms with Crippen molar-refractivity contribution in [2.45, 2.75) is 97.3 Å². The molecule has 0 aliphatic rings. The molecule has 0 aromatic rings. The third-order valence-corrected chi connectivity index (χ3v) is 4.55. The Labute approximate surface area is 186 Å². The summed E-state index contributed by atoms with van der Waals surface area (Å²) in [7, 11) is -4.55. The Morgan fingerprint density at radius 2 is 1.17 bits per heavy atom. The first-order chi connectivity index (χ1) is 10.5. The van der Waals surface area contributed by atoms with Gasteiger partial charge in [-0.3, -0.25) is 4.18 Å². The van der Waals surface area contributed by atoms with E-state index in [2.05, 4.69) is 18.0 Å². The van der Waals surface area contributed by atoms with Crippen LogP contribution in [0.1, 0.15) is 97.3 Å². The second-order valence-electron chi connectivity index (χ2n) is 6.32. The maximum absolute atomic E-state index is 10.6. The predicted molar refractivity (Wildman–Crippen MR) is 90.5 cm³/mol. The maximum Gasteiger partial charge on any atom is 1.00 e. The van der Waals surface area contributed by atoms with E-state index in [0.29, 0.717) is 0 Å². The molecule has 0 amide bonds. The van der Waals surface area contributed by atoms with Crippen LogP contribution in [0.25, 0.3) is 0 Å². The van der Waals surface area contributed by atoms with Crippen LogP contribution in [0.2, 0.25) is 0 Å². The molecule has 0 fully saturated rings. The van der Waals surface area contributed by atoms with Gasteiger partial charge in [-0.2, -0.15) is 0 Å². The molecule has 0 aliphatic carbocycles. The van der Waals surface area contributed by atoms with Crippen LogP contribution >= 0.6 is 0 Å². The molecular formula is C17H35KO4S. The SMILES string of the molecule is CCCCCCCCCC(CCCCCC)COS(=O)(=O)[O-].[K+]. The fourth-order valence-electron chi connectivity index (χ4n) is 2.74. The molecule has 0 spiro atoms. The summed E-state index contributed by atoms with van der Waals surface area (Å²) >= 11 is 0. The second kappa shape index (κ2) is 18.3. The van der Waals surface area contributed by atoms with E-state index in [0.717, 1.165) is 25.7 Å². The summed E-state index contributed by atoms with van der Waals surface area (Å²) in [5.41, 5.74) is 0. The number of unbranched alkanes of at least 4 members (excludes halogenated alkanes) is 9. The van der Waals surface area contributed by atoms with Crippen molar-refractivity contribution in [3.05, 3.63) is 0 Å². The molecule has 0 rings (SSSR count). The van der Waals surface area contributed by atoms with Crippen molar-refractivity contribution in [2.75, 3.05) is 6.61 Å². The van der Waals surface area contributed by atoms with Gasteiger partial charge in [-0.05, 0) is 18.8 Å². The van der Waals surface area contributed by atoms with Crippen molar-refractivity contribution in [3.8, 4) is 0 Å². The van der Waals surface area contributed by atoms with Gasteiger partial charge in [0.15, 0.2) is 0 Å². The third-order valence-electron chi connectivity index (χ3n) is 4.13. The van der Waals surface area contributed by atoms with Crippen molar-refractivity contribution < 1.29 is 68.5 Å². The van der Waals surface area contributed by atoms with Crippen LogP contribution in [0, 0.1) is 5.92 Å². The van der Waals surface area contributed by atoms with Gasteiger partial charge in [0.25, 0.3) is 0 Å². The Morgan fingerprint density at radius 3 is 1.61 bits per heavy atom. The molecular weight excluding hydrogens is 339 g/mol. The standard InChI is InChI=1S/C17H36O4S.K/c1-3-5-7-9-10-11-13-15-17(14-12-8-6-4-2)16-21-22(18,19)20;/h17H,3-16H2,1-2H3,(H,18,19,20);/q;+1/p-1. The minimum absolute atomic E-state index is 0. The van der Waals surface area contributed by atoms with Crippen LogP contribution in [0.4, 0.5) is 0 Å². The number of hydrogen-bond donors (Lipinski definition) is 0. The zero-order chi connectivity index (χ0) is 16.7. The van der Waals surface area contributed by atoms with Gasteiger partial charge in [-0.25, -0.2) is 8.42 Å². The van der Waals surface area contributed by atoms with E-state index in [1.807, 2.05) is 0 Å². The Hall–Kier alpha value is 1.51. The molecule has 0 aliphatic heterocycles. The minimum Gasteiger partial charge on any atom is -0.726 e. The summed E-state index contributed by atoms with van der Waals surface area (Å²) in [4.78, 5) is 0. The van der Waals surface area contributed by atoms with Crippen molar-refractivity contribution in [1.82, 2.24) is 0 Å². The topological polar surface area (TPSA) is 66.4 Å². The van der Waals surface area contributed by atoms with Gasteiger partial charge >= 0.3 is 51.4 Å². The zero-order valence-electron chi connectivity index (χ0n) is 15.5. The predicted octanol–water partition coefficient (Wildman–Crippen LogP) is 2.19. The maximum atomic E-state index is 10.6. The smallest absolute Gasteiger partial charge is 0.726 e. The zero-order valence-corrected chi connectivity index (χ0v) is 19.5. The summed E-state index contributed by atoms with van der Waals surface area (Å²) in [6.45, 7) is 4.45. The normalized spacial score (nSPS) is 12.8. The van der Waals surface area contributed by atoms with E-state index >= 15 is 0 Å². The van der Waals surface area contributed by atoms with Gasteiger partial charge in [0.2, 0.25) is 10.4 Å². The summed E-state index contributed by atoms with van der Waals surface area (Å²) in [6, 6.07) is 0. The van der Waals surface area contributed by atoms with Gasteiger partial charge in [-0.15, -0.1) is 0 Å². The van der Waals surface area contributed by atoms with Crippen LogP contribution in [0.5, 0.6) is 0 Å². The summed E-state index contributed by atoms with van der Waals surface area (Å²) in [6.07, 6.45) is 15.3. The van der Waals surface area contributed by atoms with Crippen molar-refractivity contribution in [2.24, 2.45) is 5.92 Å². The van der Waals surface area contributed by atoms with Gasteiger partial charge in [-0.1, -0.05) is 84.5 Å². The quantitative estimate of drug-likeness (QED) is 0.180. The third kappa shape index (κ3) is 21.5. The summed E-state index contributed by atoms with van der Waals surface area (Å²) < 4.78 is 36.3. The van der Waals surface area contributed by atoms with Crippen molar-refractivity contribution >= 4 is 10.4 Å². The monoisotopic (exact) mass is 374 g/mol. The molecule has 0 heterocycles. The Kier molecular flexibility index (Phi) is 21.3. The van der Waals surface area contributed by atoms with Crippen LogP contribution in [0.15, 0.2) is 0 Å². The van der Waals surface area contributed by atoms with Crippen LogP contribution < -0.4 is 51.4 Å². The molecule has 134 valence electrons. The van der Waals surface area contributed by atoms with E-state index in [1.54, 1.807) is 0 Å². The van der Waals surface area contributed by atoms with Crippen molar-refractivity contribution in [3.63, 3.8) is 0 Å². The van der Waals surface area contributed by atoms with E-state index in [1.165, 1.54) is 57.8 Å². The van der Waals surface area contributed by atoms with Crippen LogP contribution in [0.3, 0.4) is 0 Å². The molecule has 1 unspecified atom stereocenters.